The third kappa shape index (κ3) is 5.69. The molecule has 2 amide bonds. The Balaban J connectivity index is 1.18. The standard InChI is InChI=1S/C27H22FN7O5S/c28-20-8-6-18(40-19-7-9-21-23(12-19)41-26(32-21)33-24(36)16-4-5-16)11-22(20)31-25(37)27(29-14-30-34-27)13-15-2-1-3-17(10-15)35(38)39/h1-3,6-12,14,16,34H,4-5,13H2,(H,29,30)(H,31,37)(H,32,33,36). The first-order chi connectivity index (χ1) is 19.8. The molecule has 1 aliphatic carbocycles. The van der Waals surface area contributed by atoms with Gasteiger partial charge in [0.25, 0.3) is 11.6 Å². The molecule has 1 aromatic heterocycles. The number of ether oxygens (including phenoxy) is 1. The molecule has 14 heteroatoms. The second-order valence-corrected chi connectivity index (χ2v) is 10.6. The molecule has 2 heterocycles. The average molecular weight is 576 g/mol. The zero-order valence-electron chi connectivity index (χ0n) is 21.2. The SMILES string of the molecule is O=C(Nc1nc2ccc(Oc3ccc(F)c(NC(=O)C4(Cc5cccc([N+](=O)[O-])c5)N=CNN4)c3)cc2s1)C1CC1. The maximum Gasteiger partial charge on any atom is 0.269 e. The summed E-state index contributed by atoms with van der Waals surface area (Å²) in [7, 11) is 0. The molecule has 0 saturated heterocycles. The molecule has 1 saturated carbocycles. The van der Waals surface area contributed by atoms with E-state index in [2.05, 4.69) is 31.5 Å². The number of halogens is 1. The number of nitrogens with zero attached hydrogens (tertiary/aromatic N) is 3. The molecule has 4 aromatic rings. The Morgan fingerprint density at radius 2 is 1.93 bits per heavy atom. The fraction of sp³-hybridized carbons (Fsp3) is 0.185. The van der Waals surface area contributed by atoms with Crippen molar-refractivity contribution in [3.63, 3.8) is 0 Å². The van der Waals surface area contributed by atoms with Gasteiger partial charge in [0.2, 0.25) is 11.6 Å². The lowest BCUT2D eigenvalue weighted by molar-refractivity contribution is -0.384. The van der Waals surface area contributed by atoms with Gasteiger partial charge in [0.1, 0.15) is 17.3 Å². The summed E-state index contributed by atoms with van der Waals surface area (Å²) >= 11 is 1.32. The number of nitrogens with one attached hydrogen (secondary N) is 4. The van der Waals surface area contributed by atoms with Crippen LogP contribution in [-0.2, 0) is 16.0 Å². The molecule has 0 bridgehead atoms. The lowest BCUT2D eigenvalue weighted by Crippen LogP contribution is -2.55. The van der Waals surface area contributed by atoms with Crippen LogP contribution in [0.15, 0.2) is 65.7 Å². The van der Waals surface area contributed by atoms with E-state index in [9.17, 15) is 24.1 Å². The average Bonchev–Trinajstić information content (AvgIpc) is 3.57. The van der Waals surface area contributed by atoms with Crippen molar-refractivity contribution < 1.29 is 23.6 Å². The lowest BCUT2D eigenvalue weighted by atomic mass is 9.99. The summed E-state index contributed by atoms with van der Waals surface area (Å²) in [6.45, 7) is 0. The monoisotopic (exact) mass is 575 g/mol. The summed E-state index contributed by atoms with van der Waals surface area (Å²) in [5.74, 6) is -0.618. The Kier molecular flexibility index (Phi) is 6.77. The molecular weight excluding hydrogens is 553 g/mol. The van der Waals surface area contributed by atoms with Crippen LogP contribution in [0.25, 0.3) is 10.2 Å². The predicted molar refractivity (Wildman–Crippen MR) is 150 cm³/mol. The quantitative estimate of drug-likeness (QED) is 0.168. The molecule has 4 N–H and O–H groups in total. The molecule has 1 unspecified atom stereocenters. The number of hydrogen-bond acceptors (Lipinski definition) is 10. The van der Waals surface area contributed by atoms with Gasteiger partial charge < -0.3 is 20.8 Å². The van der Waals surface area contributed by atoms with Gasteiger partial charge in [-0.05, 0) is 42.7 Å². The molecule has 2 aliphatic rings. The highest BCUT2D eigenvalue weighted by atomic mass is 32.1. The molecule has 0 radical (unpaired) electrons. The number of amides is 2. The Morgan fingerprint density at radius 1 is 1.12 bits per heavy atom. The van der Waals surface area contributed by atoms with Crippen molar-refractivity contribution >= 4 is 56.2 Å². The Hall–Kier alpha value is -4.95. The van der Waals surface area contributed by atoms with Crippen molar-refractivity contribution in [2.45, 2.75) is 24.9 Å². The van der Waals surface area contributed by atoms with Gasteiger partial charge in [-0.25, -0.2) is 19.8 Å². The number of nitro benzene ring substituents is 1. The zero-order chi connectivity index (χ0) is 28.6. The van der Waals surface area contributed by atoms with E-state index in [1.807, 2.05) is 0 Å². The second-order valence-electron chi connectivity index (χ2n) is 9.60. The Labute approximate surface area is 235 Å². The molecule has 3 aromatic carbocycles. The van der Waals surface area contributed by atoms with Crippen molar-refractivity contribution in [3.05, 3.63) is 82.2 Å². The lowest BCUT2D eigenvalue weighted by Gasteiger charge is -2.25. The van der Waals surface area contributed by atoms with Crippen LogP contribution in [0, 0.1) is 21.8 Å². The molecule has 0 spiro atoms. The van der Waals surface area contributed by atoms with Crippen molar-refractivity contribution in [1.82, 2.24) is 15.8 Å². The number of hydrogen-bond donors (Lipinski definition) is 4. The van der Waals surface area contributed by atoms with E-state index in [1.165, 1.54) is 54.1 Å². The first kappa shape index (κ1) is 26.3. The zero-order valence-corrected chi connectivity index (χ0v) is 22.0. The number of aromatic nitrogens is 1. The molecule has 1 aliphatic heterocycles. The van der Waals surface area contributed by atoms with E-state index < -0.39 is 22.3 Å². The van der Waals surface area contributed by atoms with E-state index >= 15 is 0 Å². The van der Waals surface area contributed by atoms with Crippen molar-refractivity contribution in [2.24, 2.45) is 10.9 Å². The number of benzene rings is 3. The van der Waals surface area contributed by atoms with Gasteiger partial charge in [-0.3, -0.25) is 19.7 Å². The van der Waals surface area contributed by atoms with Gasteiger partial charge in [0.05, 0.1) is 27.2 Å². The minimum Gasteiger partial charge on any atom is -0.457 e. The number of aliphatic imine (C=N–C) groups is 1. The van der Waals surface area contributed by atoms with Crippen LogP contribution in [0.1, 0.15) is 18.4 Å². The van der Waals surface area contributed by atoms with Crippen LogP contribution in [-0.4, -0.2) is 33.7 Å². The minimum absolute atomic E-state index is 0.0254. The van der Waals surface area contributed by atoms with Crippen LogP contribution in [0.5, 0.6) is 11.5 Å². The smallest absolute Gasteiger partial charge is 0.269 e. The minimum atomic E-state index is -1.58. The van der Waals surface area contributed by atoms with Crippen LogP contribution in [0.2, 0.25) is 0 Å². The Morgan fingerprint density at radius 3 is 2.68 bits per heavy atom. The number of anilines is 2. The van der Waals surface area contributed by atoms with Crippen molar-refractivity contribution in [3.8, 4) is 11.5 Å². The van der Waals surface area contributed by atoms with Gasteiger partial charge in [0, 0.05) is 36.6 Å². The number of fused-ring (bicyclic) bond motifs is 1. The highest BCUT2D eigenvalue weighted by Crippen LogP contribution is 2.35. The van der Waals surface area contributed by atoms with Crippen molar-refractivity contribution in [1.29, 1.82) is 0 Å². The summed E-state index contributed by atoms with van der Waals surface area (Å²) < 4.78 is 21.5. The van der Waals surface area contributed by atoms with Crippen LogP contribution < -0.4 is 26.2 Å². The molecule has 1 atom stereocenters. The normalized spacial score (nSPS) is 17.7. The number of carbonyl (C=O) groups excluding carboxylic acids is 2. The molecule has 1 fully saturated rings. The van der Waals surface area contributed by atoms with E-state index in [0.29, 0.717) is 22.0 Å². The van der Waals surface area contributed by atoms with Gasteiger partial charge in [-0.1, -0.05) is 23.5 Å². The topological polar surface area (TPSA) is 160 Å². The molecule has 6 rings (SSSR count). The number of hydrazine groups is 1. The number of non-ortho nitro benzene ring substituents is 1. The van der Waals surface area contributed by atoms with Crippen LogP contribution >= 0.6 is 11.3 Å². The van der Waals surface area contributed by atoms with Gasteiger partial charge in [0.15, 0.2) is 5.13 Å². The first-order valence-electron chi connectivity index (χ1n) is 12.6. The first-order valence-corrected chi connectivity index (χ1v) is 13.4. The summed E-state index contributed by atoms with van der Waals surface area (Å²) in [5.41, 5.74) is 4.75. The summed E-state index contributed by atoms with van der Waals surface area (Å²) in [4.78, 5) is 44.7. The van der Waals surface area contributed by atoms with E-state index in [0.717, 1.165) is 17.5 Å². The highest BCUT2D eigenvalue weighted by Gasteiger charge is 2.41. The predicted octanol–water partition coefficient (Wildman–Crippen LogP) is 4.50. The maximum absolute atomic E-state index is 14.8. The third-order valence-corrected chi connectivity index (χ3v) is 7.48. The summed E-state index contributed by atoms with van der Waals surface area (Å²) in [6, 6.07) is 15.0. The van der Waals surface area contributed by atoms with Crippen molar-refractivity contribution in [2.75, 3.05) is 10.6 Å². The number of carbonyl (C=O) groups is 2. The molecule has 208 valence electrons. The fourth-order valence-corrected chi connectivity index (χ4v) is 5.18. The molecular formula is C27H22FN7O5S. The summed E-state index contributed by atoms with van der Waals surface area (Å²) in [5, 5.41) is 17.1. The van der Waals surface area contributed by atoms with E-state index in [-0.39, 0.29) is 35.4 Å². The Bertz CT molecular complexity index is 1720. The third-order valence-electron chi connectivity index (χ3n) is 6.55. The van der Waals surface area contributed by atoms with Crippen LogP contribution in [0.3, 0.4) is 0 Å². The fourth-order valence-electron chi connectivity index (χ4n) is 4.29. The number of nitro groups is 1. The van der Waals surface area contributed by atoms with E-state index in [4.69, 9.17) is 4.74 Å². The molecule has 41 heavy (non-hydrogen) atoms. The number of rotatable bonds is 9. The second kappa shape index (κ2) is 10.6. The molecule has 12 nitrogen and oxygen atoms in total. The maximum atomic E-state index is 14.8. The van der Waals surface area contributed by atoms with Gasteiger partial charge >= 0.3 is 0 Å². The van der Waals surface area contributed by atoms with Gasteiger partial charge in [-0.2, -0.15) is 0 Å². The number of thiazole rings is 1. The highest BCUT2D eigenvalue weighted by molar-refractivity contribution is 7.22. The van der Waals surface area contributed by atoms with Crippen LogP contribution in [0.4, 0.5) is 20.9 Å². The van der Waals surface area contributed by atoms with Gasteiger partial charge in [-0.15, -0.1) is 0 Å². The van der Waals surface area contributed by atoms with E-state index in [1.54, 1.807) is 24.3 Å². The summed E-state index contributed by atoms with van der Waals surface area (Å²) in [6.07, 6.45) is 3.04. The largest absolute Gasteiger partial charge is 0.457 e.